The number of benzene rings is 3. The molecule has 0 saturated heterocycles. The van der Waals surface area contributed by atoms with Gasteiger partial charge in [-0.3, -0.25) is 9.20 Å². The van der Waals surface area contributed by atoms with Gasteiger partial charge in [-0.2, -0.15) is 0 Å². The van der Waals surface area contributed by atoms with Crippen LogP contribution in [0, 0.1) is 13.8 Å². The first kappa shape index (κ1) is 13.3. The quantitative estimate of drug-likeness (QED) is 0.471. The fourth-order valence-corrected chi connectivity index (χ4v) is 3.66. The van der Waals surface area contributed by atoms with Crippen molar-refractivity contribution in [1.29, 1.82) is 0 Å². The van der Waals surface area contributed by atoms with Crippen molar-refractivity contribution < 1.29 is 5.11 Å². The van der Waals surface area contributed by atoms with Crippen molar-refractivity contribution in [3.05, 3.63) is 63.9 Å². The van der Waals surface area contributed by atoms with E-state index >= 15 is 0 Å². The van der Waals surface area contributed by atoms with E-state index in [1.165, 1.54) is 0 Å². The smallest absolute Gasteiger partial charge is 0.264 e. The molecule has 0 aliphatic heterocycles. The maximum absolute atomic E-state index is 13.1. The highest BCUT2D eigenvalue weighted by molar-refractivity contribution is 6.16. The molecule has 3 aromatic carbocycles. The fraction of sp³-hybridized carbons (Fsp3) is 0.100. The lowest BCUT2D eigenvalue weighted by Gasteiger charge is -2.10. The zero-order valence-electron chi connectivity index (χ0n) is 13.3. The van der Waals surface area contributed by atoms with Gasteiger partial charge in [-0.05, 0) is 54.6 Å². The van der Waals surface area contributed by atoms with Crippen molar-refractivity contribution in [2.24, 2.45) is 0 Å². The molecule has 1 N–H and O–H groups in total. The van der Waals surface area contributed by atoms with Crippen molar-refractivity contribution in [2.45, 2.75) is 13.8 Å². The lowest BCUT2D eigenvalue weighted by atomic mass is 9.98. The lowest BCUT2D eigenvalue weighted by Crippen LogP contribution is -2.13. The van der Waals surface area contributed by atoms with Crippen LogP contribution in [0.15, 0.2) is 47.3 Å². The summed E-state index contributed by atoms with van der Waals surface area (Å²) in [7, 11) is 0. The summed E-state index contributed by atoms with van der Waals surface area (Å²) in [5.41, 5.74) is 4.26. The Morgan fingerprint density at radius 1 is 0.958 bits per heavy atom. The van der Waals surface area contributed by atoms with Crippen molar-refractivity contribution in [2.75, 3.05) is 0 Å². The summed E-state index contributed by atoms with van der Waals surface area (Å²) in [5.74, 6) is 0.106. The Bertz CT molecular complexity index is 1350. The van der Waals surface area contributed by atoms with Crippen LogP contribution in [0.1, 0.15) is 11.1 Å². The van der Waals surface area contributed by atoms with E-state index in [4.69, 9.17) is 4.98 Å². The van der Waals surface area contributed by atoms with Gasteiger partial charge in [0.1, 0.15) is 11.4 Å². The Balaban J connectivity index is 2.20. The van der Waals surface area contributed by atoms with Crippen LogP contribution < -0.4 is 5.56 Å². The topological polar surface area (TPSA) is 54.6 Å². The Kier molecular flexibility index (Phi) is 2.35. The Morgan fingerprint density at radius 2 is 1.75 bits per heavy atom. The summed E-state index contributed by atoms with van der Waals surface area (Å²) in [6, 6.07) is 13.2. The number of hydrogen-bond acceptors (Lipinski definition) is 3. The molecular weight excluding hydrogens is 300 g/mol. The predicted molar refractivity (Wildman–Crippen MR) is 96.3 cm³/mol. The van der Waals surface area contributed by atoms with E-state index in [0.717, 1.165) is 38.3 Å². The molecular formula is C20H14N2O2. The van der Waals surface area contributed by atoms with E-state index in [1.54, 1.807) is 16.5 Å². The number of rotatable bonds is 0. The van der Waals surface area contributed by atoms with Gasteiger partial charge in [0, 0.05) is 10.8 Å². The largest absolute Gasteiger partial charge is 0.508 e. The third kappa shape index (κ3) is 1.52. The molecule has 4 nitrogen and oxygen atoms in total. The zero-order chi connectivity index (χ0) is 16.6. The summed E-state index contributed by atoms with van der Waals surface area (Å²) in [6.07, 6.45) is 0. The Hall–Kier alpha value is -3.14. The molecule has 5 aromatic rings. The summed E-state index contributed by atoms with van der Waals surface area (Å²) in [4.78, 5) is 17.9. The molecule has 2 heterocycles. The van der Waals surface area contributed by atoms with Gasteiger partial charge in [-0.15, -0.1) is 0 Å². The number of nitrogens with zero attached hydrogens (tertiary/aromatic N) is 2. The standard InChI is InChI=1S/C20H14N2O2/c1-10-3-6-17-16(7-10)21-19-13-5-4-11(2)14-8-12(23)9-15(18(13)14)20(24)22(17)19/h3-9,23H,1-2H3. The molecule has 116 valence electrons. The summed E-state index contributed by atoms with van der Waals surface area (Å²) in [6.45, 7) is 3.99. The van der Waals surface area contributed by atoms with Gasteiger partial charge >= 0.3 is 0 Å². The third-order valence-electron chi connectivity index (χ3n) is 4.80. The first-order valence-corrected chi connectivity index (χ1v) is 7.85. The number of imidazole rings is 1. The molecule has 2 aromatic heterocycles. The van der Waals surface area contributed by atoms with Crippen molar-refractivity contribution in [3.63, 3.8) is 0 Å². The average molecular weight is 314 g/mol. The number of aryl methyl sites for hydroxylation is 2. The van der Waals surface area contributed by atoms with Crippen LogP contribution >= 0.6 is 0 Å². The maximum Gasteiger partial charge on any atom is 0.264 e. The number of aromatic hydroxyl groups is 1. The SMILES string of the molecule is Cc1ccc2c(c1)nc1c3ccc(C)c4cc(O)cc(c(=O)n21)c43. The van der Waals surface area contributed by atoms with Crippen molar-refractivity contribution in [3.8, 4) is 5.75 Å². The van der Waals surface area contributed by atoms with E-state index in [2.05, 4.69) is 0 Å². The van der Waals surface area contributed by atoms with Crippen LogP contribution in [0.4, 0.5) is 0 Å². The van der Waals surface area contributed by atoms with Crippen LogP contribution in [0.5, 0.6) is 5.75 Å². The highest BCUT2D eigenvalue weighted by Crippen LogP contribution is 2.34. The van der Waals surface area contributed by atoms with E-state index in [9.17, 15) is 9.90 Å². The molecule has 0 amide bonds. The zero-order valence-corrected chi connectivity index (χ0v) is 13.3. The molecule has 24 heavy (non-hydrogen) atoms. The molecule has 0 saturated carbocycles. The molecule has 0 unspecified atom stereocenters. The third-order valence-corrected chi connectivity index (χ3v) is 4.80. The summed E-state index contributed by atoms with van der Waals surface area (Å²) < 4.78 is 1.65. The van der Waals surface area contributed by atoms with E-state index < -0.39 is 0 Å². The summed E-state index contributed by atoms with van der Waals surface area (Å²) >= 11 is 0. The number of phenolic OH excluding ortho intramolecular Hbond substituents is 1. The molecule has 0 aliphatic carbocycles. The van der Waals surface area contributed by atoms with Gasteiger partial charge in [0.15, 0.2) is 0 Å². The Labute approximate surface area is 136 Å². The lowest BCUT2D eigenvalue weighted by molar-refractivity contribution is 0.476. The predicted octanol–water partition coefficient (Wildman–Crippen LogP) is 3.91. The van der Waals surface area contributed by atoms with Crippen LogP contribution in [0.3, 0.4) is 0 Å². The van der Waals surface area contributed by atoms with Crippen LogP contribution in [-0.2, 0) is 0 Å². The molecule has 5 rings (SSSR count). The van der Waals surface area contributed by atoms with Gasteiger partial charge in [0.25, 0.3) is 5.56 Å². The van der Waals surface area contributed by atoms with Crippen molar-refractivity contribution >= 4 is 38.2 Å². The molecule has 0 aliphatic rings. The fourth-order valence-electron chi connectivity index (χ4n) is 3.66. The van der Waals surface area contributed by atoms with Crippen LogP contribution in [0.2, 0.25) is 0 Å². The van der Waals surface area contributed by atoms with E-state index in [1.807, 2.05) is 44.2 Å². The first-order chi connectivity index (χ1) is 11.5. The summed E-state index contributed by atoms with van der Waals surface area (Å²) in [5, 5.41) is 13.3. The average Bonchev–Trinajstić information content (AvgIpc) is 2.92. The van der Waals surface area contributed by atoms with E-state index in [0.29, 0.717) is 11.0 Å². The second kappa shape index (κ2) is 4.23. The maximum atomic E-state index is 13.1. The first-order valence-electron chi connectivity index (χ1n) is 7.85. The minimum absolute atomic E-state index is 0.106. The number of fused-ring (bicyclic) bond motifs is 4. The highest BCUT2D eigenvalue weighted by atomic mass is 16.3. The minimum atomic E-state index is -0.143. The van der Waals surface area contributed by atoms with Gasteiger partial charge in [-0.25, -0.2) is 4.98 Å². The number of hydrogen-bond donors (Lipinski definition) is 1. The highest BCUT2D eigenvalue weighted by Gasteiger charge is 2.17. The number of phenols is 1. The second-order valence-corrected chi connectivity index (χ2v) is 6.41. The van der Waals surface area contributed by atoms with Crippen molar-refractivity contribution in [1.82, 2.24) is 9.38 Å². The van der Waals surface area contributed by atoms with Crippen LogP contribution in [0.25, 0.3) is 38.2 Å². The molecule has 4 heteroatoms. The van der Waals surface area contributed by atoms with Crippen LogP contribution in [-0.4, -0.2) is 14.5 Å². The van der Waals surface area contributed by atoms with E-state index in [-0.39, 0.29) is 11.3 Å². The number of aromatic nitrogens is 2. The normalized spacial score (nSPS) is 12.1. The second-order valence-electron chi connectivity index (χ2n) is 6.41. The molecule has 0 radical (unpaired) electrons. The Morgan fingerprint density at radius 3 is 2.58 bits per heavy atom. The molecule has 0 bridgehead atoms. The van der Waals surface area contributed by atoms with Gasteiger partial charge in [0.05, 0.1) is 16.4 Å². The molecule has 0 atom stereocenters. The minimum Gasteiger partial charge on any atom is -0.508 e. The van der Waals surface area contributed by atoms with Gasteiger partial charge in [0.2, 0.25) is 0 Å². The van der Waals surface area contributed by atoms with Gasteiger partial charge in [-0.1, -0.05) is 18.2 Å². The number of pyridine rings is 1. The molecule has 0 fully saturated rings. The molecule has 0 spiro atoms. The monoisotopic (exact) mass is 314 g/mol. The van der Waals surface area contributed by atoms with Gasteiger partial charge < -0.3 is 5.11 Å².